The van der Waals surface area contributed by atoms with Gasteiger partial charge in [-0.3, -0.25) is 16.0 Å². The van der Waals surface area contributed by atoms with Crippen molar-refractivity contribution in [2.45, 2.75) is 32.7 Å². The maximum Gasteiger partial charge on any atom is 0.0628 e. The Bertz CT molecular complexity index is 574. The van der Waals surface area contributed by atoms with E-state index in [9.17, 15) is 0 Å². The van der Waals surface area contributed by atoms with E-state index in [1.165, 1.54) is 16.8 Å². The maximum atomic E-state index is 5.72. The van der Waals surface area contributed by atoms with E-state index >= 15 is 0 Å². The van der Waals surface area contributed by atoms with Crippen molar-refractivity contribution in [3.05, 3.63) is 51.3 Å². The third kappa shape index (κ3) is 3.48. The number of halogens is 1. The van der Waals surface area contributed by atoms with Gasteiger partial charge in [-0.25, -0.2) is 0 Å². The molecular formula is C15H21BrN4. The fraction of sp³-hybridized carbons (Fsp3) is 0.400. The first kappa shape index (κ1) is 15.2. The normalized spacial score (nSPS) is 12.7. The van der Waals surface area contributed by atoms with Gasteiger partial charge in [0, 0.05) is 23.3 Å². The monoisotopic (exact) mass is 336 g/mol. The second-order valence-electron chi connectivity index (χ2n) is 5.17. The zero-order valence-electron chi connectivity index (χ0n) is 12.2. The van der Waals surface area contributed by atoms with Gasteiger partial charge < -0.3 is 0 Å². The zero-order valence-corrected chi connectivity index (χ0v) is 13.7. The van der Waals surface area contributed by atoms with Crippen LogP contribution in [0.5, 0.6) is 0 Å². The standard InChI is InChI=1S/C15H21BrN4/c1-10-15(11(2)20(3)19-10)9-14(18-17)8-12-4-6-13(16)7-5-12/h4-7,14,18H,8-9,17H2,1-3H3. The van der Waals surface area contributed by atoms with Crippen LogP contribution in [-0.4, -0.2) is 15.8 Å². The number of nitrogens with one attached hydrogen (secondary N) is 1. The van der Waals surface area contributed by atoms with Crippen molar-refractivity contribution in [2.24, 2.45) is 12.9 Å². The second-order valence-corrected chi connectivity index (χ2v) is 6.09. The topological polar surface area (TPSA) is 55.9 Å². The molecule has 0 aliphatic heterocycles. The molecule has 2 aromatic rings. The molecule has 1 atom stereocenters. The first-order valence-corrected chi connectivity index (χ1v) is 7.50. The smallest absolute Gasteiger partial charge is 0.0628 e. The minimum Gasteiger partial charge on any atom is -0.272 e. The van der Waals surface area contributed by atoms with E-state index < -0.39 is 0 Å². The lowest BCUT2D eigenvalue weighted by Crippen LogP contribution is -2.38. The predicted octanol–water partition coefficient (Wildman–Crippen LogP) is 2.42. The van der Waals surface area contributed by atoms with Crippen molar-refractivity contribution in [2.75, 3.05) is 0 Å². The van der Waals surface area contributed by atoms with Gasteiger partial charge in [0.1, 0.15) is 0 Å². The number of nitrogens with two attached hydrogens (primary N) is 1. The fourth-order valence-corrected chi connectivity index (χ4v) is 2.72. The molecule has 1 aromatic heterocycles. The molecular weight excluding hydrogens is 316 g/mol. The summed E-state index contributed by atoms with van der Waals surface area (Å²) in [6.45, 7) is 4.15. The van der Waals surface area contributed by atoms with E-state index in [0.717, 1.165) is 23.0 Å². The van der Waals surface area contributed by atoms with Gasteiger partial charge in [-0.2, -0.15) is 5.10 Å². The molecule has 0 amide bonds. The van der Waals surface area contributed by atoms with Crippen molar-refractivity contribution < 1.29 is 0 Å². The predicted molar refractivity (Wildman–Crippen MR) is 85.3 cm³/mol. The Morgan fingerprint density at radius 1 is 1.25 bits per heavy atom. The van der Waals surface area contributed by atoms with Crippen LogP contribution in [0.1, 0.15) is 22.5 Å². The molecule has 0 aliphatic carbocycles. The van der Waals surface area contributed by atoms with Gasteiger partial charge in [0.25, 0.3) is 0 Å². The molecule has 0 bridgehead atoms. The van der Waals surface area contributed by atoms with E-state index in [-0.39, 0.29) is 6.04 Å². The highest BCUT2D eigenvalue weighted by atomic mass is 79.9. The highest BCUT2D eigenvalue weighted by Gasteiger charge is 2.15. The van der Waals surface area contributed by atoms with E-state index in [4.69, 9.17) is 5.84 Å². The van der Waals surface area contributed by atoms with Crippen LogP contribution in [0.3, 0.4) is 0 Å². The fourth-order valence-electron chi connectivity index (χ4n) is 2.45. The van der Waals surface area contributed by atoms with Crippen LogP contribution in [0.4, 0.5) is 0 Å². The number of rotatable bonds is 5. The Morgan fingerprint density at radius 3 is 2.40 bits per heavy atom. The van der Waals surface area contributed by atoms with Crippen LogP contribution in [-0.2, 0) is 19.9 Å². The Morgan fingerprint density at radius 2 is 1.90 bits per heavy atom. The number of hydrogen-bond donors (Lipinski definition) is 2. The molecule has 0 saturated carbocycles. The molecule has 4 nitrogen and oxygen atoms in total. The SMILES string of the molecule is Cc1nn(C)c(C)c1CC(Cc1ccc(Br)cc1)NN. The van der Waals surface area contributed by atoms with Crippen molar-refractivity contribution in [3.8, 4) is 0 Å². The molecule has 5 heteroatoms. The summed E-state index contributed by atoms with van der Waals surface area (Å²) in [6.07, 6.45) is 1.79. The minimum absolute atomic E-state index is 0.206. The first-order chi connectivity index (χ1) is 9.51. The lowest BCUT2D eigenvalue weighted by molar-refractivity contribution is 0.520. The molecule has 0 radical (unpaired) electrons. The van der Waals surface area contributed by atoms with Crippen molar-refractivity contribution >= 4 is 15.9 Å². The van der Waals surface area contributed by atoms with Crippen molar-refractivity contribution in [1.29, 1.82) is 0 Å². The van der Waals surface area contributed by atoms with Gasteiger partial charge in [-0.15, -0.1) is 0 Å². The van der Waals surface area contributed by atoms with Gasteiger partial charge in [-0.1, -0.05) is 28.1 Å². The third-order valence-electron chi connectivity index (χ3n) is 3.74. The summed E-state index contributed by atoms with van der Waals surface area (Å²) in [5.74, 6) is 5.72. The summed E-state index contributed by atoms with van der Waals surface area (Å²) in [5, 5.41) is 4.46. The molecule has 20 heavy (non-hydrogen) atoms. The maximum absolute atomic E-state index is 5.72. The van der Waals surface area contributed by atoms with E-state index in [1.54, 1.807) is 0 Å². The Hall–Kier alpha value is -1.17. The van der Waals surface area contributed by atoms with Crippen LogP contribution in [0.2, 0.25) is 0 Å². The molecule has 0 aliphatic rings. The molecule has 3 N–H and O–H groups in total. The molecule has 0 saturated heterocycles. The Kier molecular flexibility index (Phi) is 4.96. The van der Waals surface area contributed by atoms with Gasteiger partial charge in [-0.05, 0) is 49.9 Å². The van der Waals surface area contributed by atoms with E-state index in [2.05, 4.69) is 64.6 Å². The lowest BCUT2D eigenvalue weighted by atomic mass is 9.98. The van der Waals surface area contributed by atoms with Crippen LogP contribution in [0, 0.1) is 13.8 Å². The highest BCUT2D eigenvalue weighted by molar-refractivity contribution is 9.10. The first-order valence-electron chi connectivity index (χ1n) is 6.71. The molecule has 1 heterocycles. The van der Waals surface area contributed by atoms with Crippen LogP contribution in [0.25, 0.3) is 0 Å². The highest BCUT2D eigenvalue weighted by Crippen LogP contribution is 2.17. The van der Waals surface area contributed by atoms with Gasteiger partial charge in [0.15, 0.2) is 0 Å². The summed E-state index contributed by atoms with van der Waals surface area (Å²) in [7, 11) is 1.98. The number of aromatic nitrogens is 2. The Balaban J connectivity index is 2.11. The molecule has 108 valence electrons. The molecule has 2 rings (SSSR count). The summed E-state index contributed by atoms with van der Waals surface area (Å²) >= 11 is 3.45. The van der Waals surface area contributed by atoms with E-state index in [1.807, 2.05) is 11.7 Å². The molecule has 0 spiro atoms. The summed E-state index contributed by atoms with van der Waals surface area (Å²) in [4.78, 5) is 0. The zero-order chi connectivity index (χ0) is 14.7. The number of aryl methyl sites for hydroxylation is 2. The second kappa shape index (κ2) is 6.52. The summed E-state index contributed by atoms with van der Waals surface area (Å²) < 4.78 is 3.02. The van der Waals surface area contributed by atoms with Crippen LogP contribution >= 0.6 is 15.9 Å². The number of benzene rings is 1. The average Bonchev–Trinajstić information content (AvgIpc) is 2.66. The van der Waals surface area contributed by atoms with Gasteiger partial charge in [0.05, 0.1) is 5.69 Å². The third-order valence-corrected chi connectivity index (χ3v) is 4.27. The molecule has 1 aromatic carbocycles. The number of hydrazine groups is 1. The average molecular weight is 337 g/mol. The minimum atomic E-state index is 0.206. The largest absolute Gasteiger partial charge is 0.272 e. The lowest BCUT2D eigenvalue weighted by Gasteiger charge is -2.16. The summed E-state index contributed by atoms with van der Waals surface area (Å²) in [5.41, 5.74) is 7.78. The van der Waals surface area contributed by atoms with Gasteiger partial charge in [0.2, 0.25) is 0 Å². The number of nitrogens with zero attached hydrogens (tertiary/aromatic N) is 2. The Labute approximate surface area is 128 Å². The van der Waals surface area contributed by atoms with E-state index in [0.29, 0.717) is 0 Å². The number of hydrogen-bond acceptors (Lipinski definition) is 3. The van der Waals surface area contributed by atoms with Crippen molar-refractivity contribution in [3.63, 3.8) is 0 Å². The van der Waals surface area contributed by atoms with Gasteiger partial charge >= 0.3 is 0 Å². The quantitative estimate of drug-likeness (QED) is 0.651. The van der Waals surface area contributed by atoms with Crippen LogP contribution in [0.15, 0.2) is 28.7 Å². The molecule has 1 unspecified atom stereocenters. The van der Waals surface area contributed by atoms with Crippen LogP contribution < -0.4 is 11.3 Å². The molecule has 0 fully saturated rings. The van der Waals surface area contributed by atoms with Crippen molar-refractivity contribution in [1.82, 2.24) is 15.2 Å². The summed E-state index contributed by atoms with van der Waals surface area (Å²) in [6, 6.07) is 8.57.